The van der Waals surface area contributed by atoms with E-state index in [9.17, 15) is 9.59 Å². The minimum atomic E-state index is -0.344. The lowest BCUT2D eigenvalue weighted by molar-refractivity contribution is -0.115. The van der Waals surface area contributed by atoms with Gasteiger partial charge in [0, 0.05) is 15.8 Å². The summed E-state index contributed by atoms with van der Waals surface area (Å²) in [7, 11) is 0. The summed E-state index contributed by atoms with van der Waals surface area (Å²) < 4.78 is 0.943. The molecule has 3 rings (SSSR count). The SMILES string of the molecule is Cc1cc(C)c(NC(=O)CNC(=O)c2sc3ccccc3c2Cl)c(C)c1. The minimum absolute atomic E-state index is 0.115. The fourth-order valence-corrected chi connectivity index (χ4v) is 4.40. The lowest BCUT2D eigenvalue weighted by Gasteiger charge is -2.13. The molecule has 134 valence electrons. The van der Waals surface area contributed by atoms with Gasteiger partial charge in [-0.05, 0) is 38.0 Å². The van der Waals surface area contributed by atoms with Crippen molar-refractivity contribution in [1.82, 2.24) is 5.32 Å². The molecule has 0 radical (unpaired) electrons. The molecule has 0 aliphatic heterocycles. The molecule has 3 aromatic rings. The third-order valence-electron chi connectivity index (χ3n) is 4.09. The molecule has 6 heteroatoms. The maximum Gasteiger partial charge on any atom is 0.263 e. The molecular weight excluding hydrogens is 368 g/mol. The van der Waals surface area contributed by atoms with E-state index in [0.717, 1.165) is 32.5 Å². The Morgan fingerprint density at radius 2 is 1.73 bits per heavy atom. The number of hydrogen-bond donors (Lipinski definition) is 2. The van der Waals surface area contributed by atoms with Crippen LogP contribution in [-0.4, -0.2) is 18.4 Å². The quantitative estimate of drug-likeness (QED) is 0.673. The molecule has 0 spiro atoms. The molecular formula is C20H19ClN2O2S. The molecule has 4 nitrogen and oxygen atoms in total. The molecule has 0 atom stereocenters. The van der Waals surface area contributed by atoms with Crippen molar-refractivity contribution in [2.75, 3.05) is 11.9 Å². The van der Waals surface area contributed by atoms with Crippen molar-refractivity contribution < 1.29 is 9.59 Å². The molecule has 0 saturated carbocycles. The maximum atomic E-state index is 12.4. The van der Waals surface area contributed by atoms with E-state index in [1.807, 2.05) is 57.2 Å². The second kappa shape index (κ2) is 7.48. The van der Waals surface area contributed by atoms with Crippen LogP contribution in [0.25, 0.3) is 10.1 Å². The smallest absolute Gasteiger partial charge is 0.263 e. The van der Waals surface area contributed by atoms with Crippen LogP contribution in [0.3, 0.4) is 0 Å². The molecule has 0 aliphatic carbocycles. The average molecular weight is 387 g/mol. The van der Waals surface area contributed by atoms with E-state index in [1.54, 1.807) is 0 Å². The van der Waals surface area contributed by atoms with E-state index in [1.165, 1.54) is 11.3 Å². The number of thiophene rings is 1. The second-order valence-electron chi connectivity index (χ2n) is 6.25. The highest BCUT2D eigenvalue weighted by Crippen LogP contribution is 2.34. The summed E-state index contributed by atoms with van der Waals surface area (Å²) in [5.41, 5.74) is 3.92. The van der Waals surface area contributed by atoms with Crippen LogP contribution in [0.4, 0.5) is 5.69 Å². The summed E-state index contributed by atoms with van der Waals surface area (Å²) in [5, 5.41) is 6.79. The summed E-state index contributed by atoms with van der Waals surface area (Å²) in [4.78, 5) is 25.1. The van der Waals surface area contributed by atoms with Crippen LogP contribution in [0.1, 0.15) is 26.4 Å². The molecule has 1 heterocycles. The number of aryl methyl sites for hydroxylation is 3. The zero-order valence-corrected chi connectivity index (χ0v) is 16.3. The number of amides is 2. The number of nitrogens with one attached hydrogen (secondary N) is 2. The van der Waals surface area contributed by atoms with Gasteiger partial charge in [0.1, 0.15) is 4.88 Å². The fraction of sp³-hybridized carbons (Fsp3) is 0.200. The Morgan fingerprint density at radius 3 is 2.38 bits per heavy atom. The van der Waals surface area contributed by atoms with E-state index < -0.39 is 0 Å². The van der Waals surface area contributed by atoms with Crippen LogP contribution in [0.5, 0.6) is 0 Å². The highest BCUT2D eigenvalue weighted by molar-refractivity contribution is 7.21. The van der Waals surface area contributed by atoms with Crippen molar-refractivity contribution in [1.29, 1.82) is 0 Å². The van der Waals surface area contributed by atoms with E-state index in [-0.39, 0.29) is 18.4 Å². The van der Waals surface area contributed by atoms with Crippen LogP contribution in [0.2, 0.25) is 5.02 Å². The minimum Gasteiger partial charge on any atom is -0.342 e. The lowest BCUT2D eigenvalue weighted by Crippen LogP contribution is -2.32. The van der Waals surface area contributed by atoms with E-state index in [0.29, 0.717) is 9.90 Å². The van der Waals surface area contributed by atoms with Crippen LogP contribution < -0.4 is 10.6 Å². The Morgan fingerprint density at radius 1 is 1.08 bits per heavy atom. The third-order valence-corrected chi connectivity index (χ3v) is 5.77. The van der Waals surface area contributed by atoms with E-state index >= 15 is 0 Å². The standard InChI is InChI=1S/C20H19ClN2O2S/c1-11-8-12(2)18(13(3)9-11)23-16(24)10-22-20(25)19-17(21)14-6-4-5-7-15(14)26-19/h4-9H,10H2,1-3H3,(H,22,25)(H,23,24). The molecule has 0 saturated heterocycles. The first kappa shape index (κ1) is 18.4. The predicted octanol–water partition coefficient (Wildman–Crippen LogP) is 4.85. The molecule has 2 aromatic carbocycles. The number of anilines is 1. The van der Waals surface area contributed by atoms with Crippen molar-refractivity contribution in [3.05, 3.63) is 63.0 Å². The van der Waals surface area contributed by atoms with Gasteiger partial charge in [-0.1, -0.05) is 47.5 Å². The van der Waals surface area contributed by atoms with E-state index in [2.05, 4.69) is 10.6 Å². The lowest BCUT2D eigenvalue weighted by atomic mass is 10.1. The first-order valence-corrected chi connectivity index (χ1v) is 9.39. The van der Waals surface area contributed by atoms with E-state index in [4.69, 9.17) is 11.6 Å². The van der Waals surface area contributed by atoms with Crippen LogP contribution in [0.15, 0.2) is 36.4 Å². The van der Waals surface area contributed by atoms with Crippen LogP contribution in [-0.2, 0) is 4.79 Å². The van der Waals surface area contributed by atoms with Gasteiger partial charge in [0.05, 0.1) is 11.6 Å². The second-order valence-corrected chi connectivity index (χ2v) is 7.68. The summed E-state index contributed by atoms with van der Waals surface area (Å²) in [5.74, 6) is -0.616. The number of hydrogen-bond acceptors (Lipinski definition) is 3. The molecule has 26 heavy (non-hydrogen) atoms. The number of halogens is 1. The highest BCUT2D eigenvalue weighted by atomic mass is 35.5. The Bertz CT molecular complexity index is 987. The largest absolute Gasteiger partial charge is 0.342 e. The van der Waals surface area contributed by atoms with Gasteiger partial charge in [0.2, 0.25) is 5.91 Å². The summed E-state index contributed by atoms with van der Waals surface area (Å²) in [6.07, 6.45) is 0. The molecule has 0 unspecified atom stereocenters. The topological polar surface area (TPSA) is 58.2 Å². The van der Waals surface area contributed by atoms with Gasteiger partial charge >= 0.3 is 0 Å². The fourth-order valence-electron chi connectivity index (χ4n) is 2.96. The van der Waals surface area contributed by atoms with Crippen molar-refractivity contribution in [2.45, 2.75) is 20.8 Å². The summed E-state index contributed by atoms with van der Waals surface area (Å²) >= 11 is 7.62. The first-order chi connectivity index (χ1) is 12.4. The van der Waals surface area contributed by atoms with Gasteiger partial charge in [-0.15, -0.1) is 11.3 Å². The Kier molecular flexibility index (Phi) is 5.30. The van der Waals surface area contributed by atoms with Crippen LogP contribution in [0, 0.1) is 20.8 Å². The number of rotatable bonds is 4. The van der Waals surface area contributed by atoms with Crippen molar-refractivity contribution in [3.8, 4) is 0 Å². The number of benzene rings is 2. The molecule has 2 amide bonds. The Hall–Kier alpha value is -2.37. The molecule has 0 bridgehead atoms. The number of fused-ring (bicyclic) bond motifs is 1. The average Bonchev–Trinajstić information content (AvgIpc) is 2.93. The van der Waals surface area contributed by atoms with Crippen LogP contribution >= 0.6 is 22.9 Å². The van der Waals surface area contributed by atoms with Gasteiger partial charge in [-0.25, -0.2) is 0 Å². The summed E-state index contributed by atoms with van der Waals surface area (Å²) in [6.45, 7) is 5.80. The maximum absolute atomic E-state index is 12.4. The first-order valence-electron chi connectivity index (χ1n) is 8.19. The normalized spacial score (nSPS) is 10.8. The predicted molar refractivity (Wildman–Crippen MR) is 108 cm³/mol. The number of carbonyl (C=O) groups excluding carboxylic acids is 2. The number of carbonyl (C=O) groups is 2. The van der Waals surface area contributed by atoms with Crippen molar-refractivity contribution >= 4 is 50.5 Å². The molecule has 1 aromatic heterocycles. The van der Waals surface area contributed by atoms with Gasteiger partial charge in [0.15, 0.2) is 0 Å². The zero-order chi connectivity index (χ0) is 18.8. The Labute approximate surface area is 161 Å². The Balaban J connectivity index is 1.67. The van der Waals surface area contributed by atoms with Gasteiger partial charge in [0.25, 0.3) is 5.91 Å². The summed E-state index contributed by atoms with van der Waals surface area (Å²) in [6, 6.07) is 11.6. The molecule has 0 aliphatic rings. The molecule has 2 N–H and O–H groups in total. The van der Waals surface area contributed by atoms with Gasteiger partial charge < -0.3 is 10.6 Å². The zero-order valence-electron chi connectivity index (χ0n) is 14.8. The monoisotopic (exact) mass is 386 g/mol. The van der Waals surface area contributed by atoms with Crippen molar-refractivity contribution in [3.63, 3.8) is 0 Å². The van der Waals surface area contributed by atoms with Gasteiger partial charge in [-0.3, -0.25) is 9.59 Å². The molecule has 0 fully saturated rings. The van der Waals surface area contributed by atoms with Crippen molar-refractivity contribution in [2.24, 2.45) is 0 Å². The third kappa shape index (κ3) is 3.74. The van der Waals surface area contributed by atoms with Gasteiger partial charge in [-0.2, -0.15) is 0 Å². The highest BCUT2D eigenvalue weighted by Gasteiger charge is 2.17.